The van der Waals surface area contributed by atoms with Crippen LogP contribution in [0.2, 0.25) is 5.02 Å². The summed E-state index contributed by atoms with van der Waals surface area (Å²) >= 11 is 7.23. The average Bonchev–Trinajstić information content (AvgIpc) is 3.31. The summed E-state index contributed by atoms with van der Waals surface area (Å²) in [6, 6.07) is 6.67. The molecule has 3 aromatic rings. The number of anilines is 1. The molecule has 0 spiro atoms. The van der Waals surface area contributed by atoms with E-state index in [0.717, 1.165) is 12.8 Å². The van der Waals surface area contributed by atoms with E-state index in [4.69, 9.17) is 11.6 Å². The number of hydrogen-bond acceptors (Lipinski definition) is 6. The molecule has 0 radical (unpaired) electrons. The summed E-state index contributed by atoms with van der Waals surface area (Å²) in [5, 5.41) is 17.8. The highest BCUT2D eigenvalue weighted by Gasteiger charge is 2.31. The number of likely N-dealkylation sites (tertiary alicyclic amines) is 1. The van der Waals surface area contributed by atoms with Gasteiger partial charge in [0.1, 0.15) is 4.70 Å². The maximum Gasteiger partial charge on any atom is 0.275 e. The van der Waals surface area contributed by atoms with Crippen molar-refractivity contribution in [3.05, 3.63) is 40.5 Å². The molecule has 2 N–H and O–H groups in total. The third kappa shape index (κ3) is 4.51. The Morgan fingerprint density at radius 3 is 2.81 bits per heavy atom. The van der Waals surface area contributed by atoms with Crippen LogP contribution < -0.4 is 5.32 Å². The summed E-state index contributed by atoms with van der Waals surface area (Å²) < 4.78 is 2.37. The van der Waals surface area contributed by atoms with Gasteiger partial charge in [-0.05, 0) is 57.7 Å². The molecule has 1 saturated heterocycles. The van der Waals surface area contributed by atoms with Crippen molar-refractivity contribution in [2.24, 2.45) is 5.92 Å². The van der Waals surface area contributed by atoms with Crippen LogP contribution >= 0.6 is 22.9 Å². The largest absolute Gasteiger partial charge is 0.396 e. The molecule has 1 aliphatic rings. The first-order valence-electron chi connectivity index (χ1n) is 10.5. The second-order valence-corrected chi connectivity index (χ2v) is 10.4. The average molecular weight is 476 g/mol. The van der Waals surface area contributed by atoms with Gasteiger partial charge in [-0.3, -0.25) is 14.9 Å². The Balaban J connectivity index is 1.68. The smallest absolute Gasteiger partial charge is 0.275 e. The van der Waals surface area contributed by atoms with Crippen molar-refractivity contribution in [3.8, 4) is 0 Å². The lowest BCUT2D eigenvalue weighted by molar-refractivity contribution is 0.0615. The van der Waals surface area contributed by atoms with Crippen molar-refractivity contribution in [2.75, 3.05) is 25.0 Å². The summed E-state index contributed by atoms with van der Waals surface area (Å²) in [4.78, 5) is 32.4. The summed E-state index contributed by atoms with van der Waals surface area (Å²) in [6.07, 6.45) is 1.76. The first-order chi connectivity index (χ1) is 15.2. The quantitative estimate of drug-likeness (QED) is 0.594. The van der Waals surface area contributed by atoms with Gasteiger partial charge in [-0.25, -0.2) is 4.68 Å². The molecule has 0 saturated carbocycles. The second kappa shape index (κ2) is 8.80. The zero-order valence-corrected chi connectivity index (χ0v) is 19.8. The number of rotatable bonds is 4. The van der Waals surface area contributed by atoms with Crippen LogP contribution in [0, 0.1) is 5.92 Å². The standard InChI is InChI=1S/C22H26ClN5O3S/c1-22(2,3)28-18-17(16(26-28)20(31)27-9-5-6-13(11-27)12-29)32-21(24-18)25-19(30)14-7-4-8-15(23)10-14/h4,7-8,10,13,29H,5-6,9,11-12H2,1-3H3,(H,24,25,30). The monoisotopic (exact) mass is 475 g/mol. The fraction of sp³-hybridized carbons (Fsp3) is 0.455. The van der Waals surface area contributed by atoms with Gasteiger partial charge in [0, 0.05) is 30.3 Å². The van der Waals surface area contributed by atoms with E-state index in [9.17, 15) is 14.7 Å². The molecule has 3 heterocycles. The van der Waals surface area contributed by atoms with Crippen molar-refractivity contribution in [2.45, 2.75) is 39.2 Å². The molecular weight excluding hydrogens is 450 g/mol. The van der Waals surface area contributed by atoms with Gasteiger partial charge in [0.2, 0.25) is 0 Å². The summed E-state index contributed by atoms with van der Waals surface area (Å²) in [6.45, 7) is 7.17. The van der Waals surface area contributed by atoms with Crippen LogP contribution in [-0.2, 0) is 5.54 Å². The molecule has 4 rings (SSSR count). The van der Waals surface area contributed by atoms with Gasteiger partial charge in [-0.15, -0.1) is 0 Å². The third-order valence-corrected chi connectivity index (χ3v) is 6.64. The van der Waals surface area contributed by atoms with E-state index in [2.05, 4.69) is 15.4 Å². The highest BCUT2D eigenvalue weighted by Crippen LogP contribution is 2.33. The zero-order chi connectivity index (χ0) is 23.0. The Morgan fingerprint density at radius 2 is 2.12 bits per heavy atom. The number of aliphatic hydroxyl groups excluding tert-OH is 1. The van der Waals surface area contributed by atoms with Gasteiger partial charge in [-0.1, -0.05) is 29.0 Å². The van der Waals surface area contributed by atoms with Crippen molar-refractivity contribution in [3.63, 3.8) is 0 Å². The minimum atomic E-state index is -0.408. The molecule has 2 aromatic heterocycles. The number of thiazole rings is 1. The number of benzene rings is 1. The van der Waals surface area contributed by atoms with Crippen LogP contribution in [0.4, 0.5) is 5.13 Å². The van der Waals surface area contributed by atoms with E-state index >= 15 is 0 Å². The Kier molecular flexibility index (Phi) is 6.24. The van der Waals surface area contributed by atoms with Crippen LogP contribution in [0.15, 0.2) is 24.3 Å². The van der Waals surface area contributed by atoms with Crippen LogP contribution in [0.5, 0.6) is 0 Å². The van der Waals surface area contributed by atoms with Gasteiger partial charge in [0.05, 0.1) is 5.54 Å². The number of hydrogen-bond donors (Lipinski definition) is 2. The van der Waals surface area contributed by atoms with Crippen molar-refractivity contribution >= 4 is 50.2 Å². The number of halogens is 1. The molecule has 1 fully saturated rings. The molecular formula is C22H26ClN5O3S. The number of amides is 2. The van der Waals surface area contributed by atoms with Gasteiger partial charge < -0.3 is 10.0 Å². The highest BCUT2D eigenvalue weighted by atomic mass is 35.5. The van der Waals surface area contributed by atoms with Gasteiger partial charge >= 0.3 is 0 Å². The predicted molar refractivity (Wildman–Crippen MR) is 126 cm³/mol. The van der Waals surface area contributed by atoms with E-state index in [1.54, 1.807) is 33.8 Å². The Hall–Kier alpha value is -2.49. The zero-order valence-electron chi connectivity index (χ0n) is 18.3. The molecule has 1 unspecified atom stereocenters. The van der Waals surface area contributed by atoms with E-state index in [0.29, 0.717) is 44.8 Å². The third-order valence-electron chi connectivity index (χ3n) is 5.43. The summed E-state index contributed by atoms with van der Waals surface area (Å²) in [7, 11) is 0. The van der Waals surface area contributed by atoms with Crippen LogP contribution in [0.3, 0.4) is 0 Å². The number of nitrogens with one attached hydrogen (secondary N) is 1. The van der Waals surface area contributed by atoms with Crippen molar-refractivity contribution < 1.29 is 14.7 Å². The number of nitrogens with zero attached hydrogens (tertiary/aromatic N) is 4. The Morgan fingerprint density at radius 1 is 1.34 bits per heavy atom. The minimum Gasteiger partial charge on any atom is -0.396 e. The van der Waals surface area contributed by atoms with Crippen LogP contribution in [0.25, 0.3) is 10.3 Å². The number of aromatic nitrogens is 3. The second-order valence-electron chi connectivity index (χ2n) is 9.01. The van der Waals surface area contributed by atoms with Crippen LogP contribution in [0.1, 0.15) is 54.5 Å². The molecule has 1 aliphatic heterocycles. The molecule has 32 heavy (non-hydrogen) atoms. The van der Waals surface area contributed by atoms with E-state index in [1.165, 1.54) is 11.3 Å². The number of aliphatic hydroxyl groups is 1. The molecule has 170 valence electrons. The fourth-order valence-electron chi connectivity index (χ4n) is 3.81. The highest BCUT2D eigenvalue weighted by molar-refractivity contribution is 7.22. The predicted octanol–water partition coefficient (Wildman–Crippen LogP) is 4.00. The van der Waals surface area contributed by atoms with E-state index < -0.39 is 5.54 Å². The Labute approximate surface area is 195 Å². The molecule has 2 amide bonds. The molecule has 10 heteroatoms. The normalized spacial score (nSPS) is 17.0. The Bertz CT molecular complexity index is 1170. The lowest BCUT2D eigenvalue weighted by atomic mass is 9.99. The first-order valence-corrected chi connectivity index (χ1v) is 11.7. The van der Waals surface area contributed by atoms with Gasteiger partial charge in [-0.2, -0.15) is 10.1 Å². The topological polar surface area (TPSA) is 100 Å². The summed E-state index contributed by atoms with van der Waals surface area (Å²) in [5.41, 5.74) is 0.903. The first kappa shape index (κ1) is 22.7. The molecule has 1 aromatic carbocycles. The number of carbonyl (C=O) groups is 2. The summed E-state index contributed by atoms with van der Waals surface area (Å²) in [5.74, 6) is -0.414. The molecule has 8 nitrogen and oxygen atoms in total. The number of fused-ring (bicyclic) bond motifs is 1. The van der Waals surface area contributed by atoms with Crippen molar-refractivity contribution in [1.29, 1.82) is 0 Å². The van der Waals surface area contributed by atoms with Gasteiger partial charge in [0.25, 0.3) is 11.8 Å². The minimum absolute atomic E-state index is 0.0653. The molecule has 0 bridgehead atoms. The maximum absolute atomic E-state index is 13.4. The molecule has 1 atom stereocenters. The lowest BCUT2D eigenvalue weighted by Gasteiger charge is -2.31. The van der Waals surface area contributed by atoms with Gasteiger partial charge in [0.15, 0.2) is 16.5 Å². The van der Waals surface area contributed by atoms with Crippen LogP contribution in [-0.4, -0.2) is 56.3 Å². The van der Waals surface area contributed by atoms with Crippen molar-refractivity contribution in [1.82, 2.24) is 19.7 Å². The fourth-order valence-corrected chi connectivity index (χ4v) is 4.92. The lowest BCUT2D eigenvalue weighted by Crippen LogP contribution is -2.41. The molecule has 0 aliphatic carbocycles. The maximum atomic E-state index is 13.4. The number of carbonyl (C=O) groups excluding carboxylic acids is 2. The SMILES string of the molecule is CC(C)(C)n1nc(C(=O)N2CCCC(CO)C2)c2sc(NC(=O)c3cccc(Cl)c3)nc21. The van der Waals surface area contributed by atoms with E-state index in [-0.39, 0.29) is 24.3 Å². The van der Waals surface area contributed by atoms with E-state index in [1.807, 2.05) is 20.8 Å². The number of piperidine rings is 1.